The quantitative estimate of drug-likeness (QED) is 0.437. The van der Waals surface area contributed by atoms with E-state index in [9.17, 15) is 14.9 Å². The van der Waals surface area contributed by atoms with E-state index in [-0.39, 0.29) is 40.9 Å². The smallest absolute Gasteiger partial charge is 0.240 e. The Hall–Kier alpha value is -1.21. The van der Waals surface area contributed by atoms with E-state index in [0.29, 0.717) is 6.54 Å². The molecule has 2 fully saturated rings. The third-order valence-corrected chi connectivity index (χ3v) is 6.58. The molecule has 1 amide bonds. The van der Waals surface area contributed by atoms with Gasteiger partial charge < -0.3 is 4.74 Å². The number of hydrogen-bond acceptors (Lipinski definition) is 5. The molecule has 7 nitrogen and oxygen atoms in total. The van der Waals surface area contributed by atoms with Crippen LogP contribution in [0.15, 0.2) is 0 Å². The molecule has 2 heterocycles. The van der Waals surface area contributed by atoms with Gasteiger partial charge in [0.25, 0.3) is 0 Å². The summed E-state index contributed by atoms with van der Waals surface area (Å²) in [4.78, 5) is 23.9. The van der Waals surface area contributed by atoms with E-state index in [2.05, 4.69) is 18.9 Å². The monoisotopic (exact) mass is 369 g/mol. The Balaban J connectivity index is 2.16. The SMILES string of the molecule is CCC[C@H](C[N+](=O)[O-])[C@H]1CCN(N2CCC[C@H]2C(CC)(CC)OC)C1=O. The molecule has 2 aliphatic heterocycles. The van der Waals surface area contributed by atoms with Crippen LogP contribution in [0.4, 0.5) is 0 Å². The average Bonchev–Trinajstić information content (AvgIpc) is 3.23. The molecule has 2 saturated heterocycles. The van der Waals surface area contributed by atoms with Gasteiger partial charge in [-0.3, -0.25) is 19.9 Å². The summed E-state index contributed by atoms with van der Waals surface area (Å²) < 4.78 is 5.94. The molecule has 0 bridgehead atoms. The van der Waals surface area contributed by atoms with Crippen LogP contribution >= 0.6 is 0 Å². The fraction of sp³-hybridized carbons (Fsp3) is 0.947. The van der Waals surface area contributed by atoms with Crippen LogP contribution in [0.25, 0.3) is 0 Å². The second-order valence-electron chi connectivity index (χ2n) is 7.72. The van der Waals surface area contributed by atoms with Crippen LogP contribution in [0, 0.1) is 22.0 Å². The molecule has 2 rings (SSSR count). The molecular weight excluding hydrogens is 334 g/mol. The van der Waals surface area contributed by atoms with E-state index in [4.69, 9.17) is 4.74 Å². The summed E-state index contributed by atoms with van der Waals surface area (Å²) in [5.74, 6) is -0.297. The Kier molecular flexibility index (Phi) is 7.41. The first kappa shape index (κ1) is 21.1. The molecule has 0 spiro atoms. The minimum atomic E-state index is -0.265. The second kappa shape index (κ2) is 9.13. The van der Waals surface area contributed by atoms with Crippen LogP contribution in [0.5, 0.6) is 0 Å². The topological polar surface area (TPSA) is 75.9 Å². The second-order valence-corrected chi connectivity index (χ2v) is 7.72. The number of amides is 1. The Morgan fingerprint density at radius 1 is 1.27 bits per heavy atom. The zero-order valence-electron chi connectivity index (χ0n) is 16.8. The number of nitrogens with zero attached hydrogens (tertiary/aromatic N) is 3. The number of carbonyl (C=O) groups excluding carboxylic acids is 1. The Morgan fingerprint density at radius 3 is 2.50 bits per heavy atom. The molecule has 0 aliphatic carbocycles. The normalized spacial score (nSPS) is 25.8. The van der Waals surface area contributed by atoms with Crippen LogP contribution in [0.2, 0.25) is 0 Å². The van der Waals surface area contributed by atoms with E-state index in [0.717, 1.165) is 51.5 Å². The van der Waals surface area contributed by atoms with Crippen LogP contribution in [0.1, 0.15) is 65.7 Å². The van der Waals surface area contributed by atoms with Crippen molar-refractivity contribution in [2.24, 2.45) is 11.8 Å². The fourth-order valence-electron chi connectivity index (χ4n) is 5.08. The first-order valence-electron chi connectivity index (χ1n) is 10.2. The zero-order chi connectivity index (χ0) is 19.3. The van der Waals surface area contributed by atoms with Gasteiger partial charge in [-0.15, -0.1) is 0 Å². The maximum Gasteiger partial charge on any atom is 0.240 e. The highest BCUT2D eigenvalue weighted by Gasteiger charge is 2.49. The van der Waals surface area contributed by atoms with E-state index >= 15 is 0 Å². The molecule has 2 aliphatic rings. The van der Waals surface area contributed by atoms with Gasteiger partial charge in [-0.05, 0) is 38.5 Å². The highest BCUT2D eigenvalue weighted by Crippen LogP contribution is 2.38. The van der Waals surface area contributed by atoms with E-state index in [1.165, 1.54) is 0 Å². The lowest BCUT2D eigenvalue weighted by Crippen LogP contribution is -2.57. The molecule has 7 heteroatoms. The third-order valence-electron chi connectivity index (χ3n) is 6.58. The Morgan fingerprint density at radius 2 is 1.96 bits per heavy atom. The van der Waals surface area contributed by atoms with E-state index in [1.54, 1.807) is 7.11 Å². The van der Waals surface area contributed by atoms with Crippen LogP contribution in [-0.2, 0) is 9.53 Å². The Labute approximate surface area is 157 Å². The molecule has 0 aromatic carbocycles. The van der Waals surface area contributed by atoms with Crippen molar-refractivity contribution in [1.82, 2.24) is 10.0 Å². The lowest BCUT2D eigenvalue weighted by molar-refractivity contribution is -0.489. The van der Waals surface area contributed by atoms with Crippen molar-refractivity contribution in [3.05, 3.63) is 10.1 Å². The van der Waals surface area contributed by atoms with Gasteiger partial charge in [0.1, 0.15) is 0 Å². The number of carbonyl (C=O) groups is 1. The zero-order valence-corrected chi connectivity index (χ0v) is 16.8. The van der Waals surface area contributed by atoms with Crippen molar-refractivity contribution in [2.45, 2.75) is 77.4 Å². The molecule has 0 unspecified atom stereocenters. The summed E-state index contributed by atoms with van der Waals surface area (Å²) in [6.45, 7) is 7.75. The predicted molar refractivity (Wildman–Crippen MR) is 100 cm³/mol. The first-order valence-corrected chi connectivity index (χ1v) is 10.2. The van der Waals surface area contributed by atoms with Crippen molar-refractivity contribution < 1.29 is 14.5 Å². The lowest BCUT2D eigenvalue weighted by Gasteiger charge is -2.44. The molecule has 150 valence electrons. The van der Waals surface area contributed by atoms with Crippen molar-refractivity contribution >= 4 is 5.91 Å². The summed E-state index contributed by atoms with van der Waals surface area (Å²) in [5, 5.41) is 15.1. The van der Waals surface area contributed by atoms with Crippen molar-refractivity contribution in [2.75, 3.05) is 26.7 Å². The molecule has 26 heavy (non-hydrogen) atoms. The van der Waals surface area contributed by atoms with Crippen molar-refractivity contribution in [1.29, 1.82) is 0 Å². The molecule has 0 aromatic heterocycles. The molecule has 3 atom stereocenters. The predicted octanol–water partition coefficient (Wildman–Crippen LogP) is 3.11. The van der Waals surface area contributed by atoms with Gasteiger partial charge in [0.05, 0.1) is 17.6 Å². The number of methoxy groups -OCH3 is 1. The van der Waals surface area contributed by atoms with Gasteiger partial charge in [-0.25, -0.2) is 5.01 Å². The minimum absolute atomic E-state index is 0.0782. The third kappa shape index (κ3) is 4.03. The highest BCUT2D eigenvalue weighted by atomic mass is 16.6. The van der Waals surface area contributed by atoms with Gasteiger partial charge >= 0.3 is 0 Å². The summed E-state index contributed by atoms with van der Waals surface area (Å²) in [6, 6.07) is 0.199. The maximum atomic E-state index is 13.1. The summed E-state index contributed by atoms with van der Waals surface area (Å²) in [5.41, 5.74) is -0.238. The van der Waals surface area contributed by atoms with Gasteiger partial charge in [0.15, 0.2) is 0 Å². The largest absolute Gasteiger partial charge is 0.377 e. The van der Waals surface area contributed by atoms with E-state index < -0.39 is 0 Å². The van der Waals surface area contributed by atoms with Crippen molar-refractivity contribution in [3.8, 4) is 0 Å². The fourth-order valence-corrected chi connectivity index (χ4v) is 5.08. The lowest BCUT2D eigenvalue weighted by atomic mass is 9.86. The molecule has 0 aromatic rings. The maximum absolute atomic E-state index is 13.1. The summed E-state index contributed by atoms with van der Waals surface area (Å²) in [6.07, 6.45) is 6.22. The molecule has 0 N–H and O–H groups in total. The average molecular weight is 370 g/mol. The molecule has 0 radical (unpaired) electrons. The van der Waals surface area contributed by atoms with E-state index in [1.807, 2.05) is 11.9 Å². The first-order chi connectivity index (χ1) is 12.4. The van der Waals surface area contributed by atoms with Gasteiger partial charge in [0.2, 0.25) is 12.5 Å². The molecular formula is C19H35N3O4. The number of hydrazine groups is 1. The van der Waals surface area contributed by atoms with Gasteiger partial charge in [-0.2, -0.15) is 0 Å². The van der Waals surface area contributed by atoms with Crippen LogP contribution in [0.3, 0.4) is 0 Å². The van der Waals surface area contributed by atoms with Gasteiger partial charge in [-0.1, -0.05) is 27.2 Å². The number of hydrogen-bond donors (Lipinski definition) is 0. The standard InChI is InChI=1S/C19H35N3O4/c1-5-9-15(14-22(24)25)16-11-13-21(18(16)23)20-12-8-10-17(20)19(6-2,7-3)26-4/h15-17H,5-14H2,1-4H3/t15-,16-,17+/m1/s1. The highest BCUT2D eigenvalue weighted by molar-refractivity contribution is 5.80. The van der Waals surface area contributed by atoms with Crippen LogP contribution < -0.4 is 0 Å². The van der Waals surface area contributed by atoms with Gasteiger partial charge in [0, 0.05) is 31.0 Å². The van der Waals surface area contributed by atoms with Crippen LogP contribution in [-0.4, -0.2) is 59.2 Å². The Bertz CT molecular complexity index is 487. The summed E-state index contributed by atoms with van der Waals surface area (Å²) in [7, 11) is 1.77. The minimum Gasteiger partial charge on any atom is -0.377 e. The van der Waals surface area contributed by atoms with Crippen molar-refractivity contribution in [3.63, 3.8) is 0 Å². The number of ether oxygens (including phenoxy) is 1. The molecule has 0 saturated carbocycles. The number of nitro groups is 1. The number of rotatable bonds is 10. The summed E-state index contributed by atoms with van der Waals surface area (Å²) >= 11 is 0.